The third-order valence-electron chi connectivity index (χ3n) is 3.26. The molecule has 1 aliphatic carbocycles. The molecule has 2 rings (SSSR count). The van der Waals surface area contributed by atoms with Crippen molar-refractivity contribution in [2.75, 3.05) is 19.6 Å². The minimum Gasteiger partial charge on any atom is -0.314 e. The van der Waals surface area contributed by atoms with E-state index in [0.717, 1.165) is 25.7 Å². The van der Waals surface area contributed by atoms with Gasteiger partial charge in [0.2, 0.25) is 0 Å². The van der Waals surface area contributed by atoms with E-state index in [2.05, 4.69) is 34.3 Å². The van der Waals surface area contributed by atoms with Gasteiger partial charge in [-0.15, -0.1) is 0 Å². The molecule has 94 valence electrons. The van der Waals surface area contributed by atoms with Crippen molar-refractivity contribution >= 4 is 0 Å². The van der Waals surface area contributed by atoms with Crippen LogP contribution in [0.1, 0.15) is 31.7 Å². The molecule has 0 aliphatic heterocycles. The molecule has 17 heavy (non-hydrogen) atoms. The Hall–Kier alpha value is -0.930. The molecule has 1 heterocycles. The van der Waals surface area contributed by atoms with E-state index in [9.17, 15) is 0 Å². The Labute approximate surface area is 104 Å². The fourth-order valence-electron chi connectivity index (χ4n) is 1.99. The smallest absolute Gasteiger partial charge is 0.0271 e. The van der Waals surface area contributed by atoms with E-state index < -0.39 is 0 Å². The first-order valence-corrected chi connectivity index (χ1v) is 6.73. The highest BCUT2D eigenvalue weighted by Gasteiger charge is 2.19. The van der Waals surface area contributed by atoms with E-state index in [-0.39, 0.29) is 0 Å². The summed E-state index contributed by atoms with van der Waals surface area (Å²) in [7, 11) is 0. The summed E-state index contributed by atoms with van der Waals surface area (Å²) in [6, 6.07) is 5.04. The Balaban J connectivity index is 1.65. The van der Waals surface area contributed by atoms with E-state index in [1.165, 1.54) is 31.4 Å². The van der Waals surface area contributed by atoms with Crippen molar-refractivity contribution in [3.8, 4) is 0 Å². The van der Waals surface area contributed by atoms with Gasteiger partial charge >= 0.3 is 0 Å². The molecule has 0 saturated heterocycles. The molecule has 1 N–H and O–H groups in total. The van der Waals surface area contributed by atoms with Crippen LogP contribution in [0.3, 0.4) is 0 Å². The highest BCUT2D eigenvalue weighted by molar-refractivity contribution is 5.09. The standard InChI is InChI=1S/C14H23N3/c1-2-17(11-3-8-16-14-4-5-14)12-13-6-9-15-10-7-13/h6-7,9-10,14,16H,2-5,8,11-12H2,1H3. The number of rotatable bonds is 8. The maximum absolute atomic E-state index is 4.05. The van der Waals surface area contributed by atoms with Crippen LogP contribution >= 0.6 is 0 Å². The maximum Gasteiger partial charge on any atom is 0.0271 e. The zero-order chi connectivity index (χ0) is 11.9. The van der Waals surface area contributed by atoms with Gasteiger partial charge in [-0.05, 0) is 56.6 Å². The predicted molar refractivity (Wildman–Crippen MR) is 70.8 cm³/mol. The molecule has 3 nitrogen and oxygen atoms in total. The van der Waals surface area contributed by atoms with Crippen molar-refractivity contribution in [1.82, 2.24) is 15.2 Å². The molecule has 0 unspecified atom stereocenters. The lowest BCUT2D eigenvalue weighted by Crippen LogP contribution is -2.27. The van der Waals surface area contributed by atoms with Crippen molar-refractivity contribution < 1.29 is 0 Å². The van der Waals surface area contributed by atoms with Crippen LogP contribution < -0.4 is 5.32 Å². The summed E-state index contributed by atoms with van der Waals surface area (Å²) in [6.45, 7) is 6.74. The Morgan fingerprint density at radius 1 is 1.35 bits per heavy atom. The molecular formula is C14H23N3. The number of hydrogen-bond donors (Lipinski definition) is 1. The van der Waals surface area contributed by atoms with Crippen molar-refractivity contribution in [2.45, 2.75) is 38.8 Å². The molecule has 1 aromatic heterocycles. The molecule has 0 aromatic carbocycles. The molecular weight excluding hydrogens is 210 g/mol. The third kappa shape index (κ3) is 4.84. The lowest BCUT2D eigenvalue weighted by Gasteiger charge is -2.20. The van der Waals surface area contributed by atoms with E-state index in [4.69, 9.17) is 0 Å². The Morgan fingerprint density at radius 2 is 2.12 bits per heavy atom. The molecule has 0 radical (unpaired) electrons. The minimum absolute atomic E-state index is 0.838. The maximum atomic E-state index is 4.05. The first kappa shape index (κ1) is 12.5. The van der Waals surface area contributed by atoms with Crippen molar-refractivity contribution in [2.24, 2.45) is 0 Å². The monoisotopic (exact) mass is 233 g/mol. The van der Waals surface area contributed by atoms with Gasteiger partial charge in [0.25, 0.3) is 0 Å². The average molecular weight is 233 g/mol. The summed E-state index contributed by atoms with van der Waals surface area (Å²) in [5, 5.41) is 3.56. The summed E-state index contributed by atoms with van der Waals surface area (Å²) in [5.74, 6) is 0. The van der Waals surface area contributed by atoms with Gasteiger partial charge in [0, 0.05) is 25.0 Å². The molecule has 1 fully saturated rings. The normalized spacial score (nSPS) is 15.4. The number of nitrogens with one attached hydrogen (secondary N) is 1. The Kier molecular flexibility index (Phi) is 4.95. The molecule has 0 amide bonds. The average Bonchev–Trinajstić information content (AvgIpc) is 3.18. The number of aromatic nitrogens is 1. The van der Waals surface area contributed by atoms with Gasteiger partial charge in [-0.2, -0.15) is 0 Å². The van der Waals surface area contributed by atoms with Crippen LogP contribution in [-0.2, 0) is 6.54 Å². The summed E-state index contributed by atoms with van der Waals surface area (Å²) < 4.78 is 0. The highest BCUT2D eigenvalue weighted by Crippen LogP contribution is 2.18. The molecule has 0 atom stereocenters. The zero-order valence-corrected chi connectivity index (χ0v) is 10.7. The number of pyridine rings is 1. The summed E-state index contributed by atoms with van der Waals surface area (Å²) in [4.78, 5) is 6.54. The van der Waals surface area contributed by atoms with Crippen LogP contribution in [0.15, 0.2) is 24.5 Å². The van der Waals surface area contributed by atoms with Gasteiger partial charge in [-0.25, -0.2) is 0 Å². The Morgan fingerprint density at radius 3 is 2.76 bits per heavy atom. The molecule has 3 heteroatoms. The summed E-state index contributed by atoms with van der Waals surface area (Å²) in [5.41, 5.74) is 1.36. The fourth-order valence-corrected chi connectivity index (χ4v) is 1.99. The van der Waals surface area contributed by atoms with Gasteiger partial charge < -0.3 is 5.32 Å². The highest BCUT2D eigenvalue weighted by atomic mass is 15.1. The zero-order valence-electron chi connectivity index (χ0n) is 10.7. The minimum atomic E-state index is 0.838. The van der Waals surface area contributed by atoms with E-state index >= 15 is 0 Å². The van der Waals surface area contributed by atoms with E-state index in [1.807, 2.05) is 12.4 Å². The number of nitrogens with zero attached hydrogens (tertiary/aromatic N) is 2. The summed E-state index contributed by atoms with van der Waals surface area (Å²) >= 11 is 0. The second-order valence-electron chi connectivity index (χ2n) is 4.81. The van der Waals surface area contributed by atoms with Crippen LogP contribution in [0.2, 0.25) is 0 Å². The van der Waals surface area contributed by atoms with Crippen molar-refractivity contribution in [1.29, 1.82) is 0 Å². The van der Waals surface area contributed by atoms with Crippen molar-refractivity contribution in [3.63, 3.8) is 0 Å². The quantitative estimate of drug-likeness (QED) is 0.697. The first-order chi connectivity index (χ1) is 8.38. The first-order valence-electron chi connectivity index (χ1n) is 6.73. The second-order valence-corrected chi connectivity index (χ2v) is 4.81. The van der Waals surface area contributed by atoms with Crippen LogP contribution in [0.5, 0.6) is 0 Å². The van der Waals surface area contributed by atoms with Gasteiger partial charge in [0.1, 0.15) is 0 Å². The molecule has 0 spiro atoms. The third-order valence-corrected chi connectivity index (χ3v) is 3.26. The lowest BCUT2D eigenvalue weighted by molar-refractivity contribution is 0.274. The fraction of sp³-hybridized carbons (Fsp3) is 0.643. The molecule has 1 aromatic rings. The van der Waals surface area contributed by atoms with Crippen molar-refractivity contribution in [3.05, 3.63) is 30.1 Å². The van der Waals surface area contributed by atoms with E-state index in [0.29, 0.717) is 0 Å². The molecule has 0 bridgehead atoms. The SMILES string of the molecule is CCN(CCCNC1CC1)Cc1ccncc1. The van der Waals surface area contributed by atoms with Gasteiger partial charge in [-0.3, -0.25) is 9.88 Å². The lowest BCUT2D eigenvalue weighted by atomic mass is 10.2. The topological polar surface area (TPSA) is 28.2 Å². The number of hydrogen-bond acceptors (Lipinski definition) is 3. The van der Waals surface area contributed by atoms with Gasteiger partial charge in [0.05, 0.1) is 0 Å². The molecule has 1 aliphatic rings. The predicted octanol–water partition coefficient (Wildman–Crippen LogP) is 2.05. The largest absolute Gasteiger partial charge is 0.314 e. The Bertz CT molecular complexity index is 309. The van der Waals surface area contributed by atoms with Crippen LogP contribution in [0.4, 0.5) is 0 Å². The summed E-state index contributed by atoms with van der Waals surface area (Å²) in [6.07, 6.45) is 7.76. The van der Waals surface area contributed by atoms with E-state index in [1.54, 1.807) is 0 Å². The van der Waals surface area contributed by atoms with Crippen LogP contribution in [0, 0.1) is 0 Å². The van der Waals surface area contributed by atoms with Gasteiger partial charge in [-0.1, -0.05) is 6.92 Å². The second kappa shape index (κ2) is 6.72. The van der Waals surface area contributed by atoms with Crippen LogP contribution in [0.25, 0.3) is 0 Å². The van der Waals surface area contributed by atoms with Gasteiger partial charge in [0.15, 0.2) is 0 Å². The molecule has 1 saturated carbocycles. The van der Waals surface area contributed by atoms with Crippen LogP contribution in [-0.4, -0.2) is 35.6 Å².